The lowest BCUT2D eigenvalue weighted by Gasteiger charge is -2.06. The molecule has 1 aromatic heterocycles. The van der Waals surface area contributed by atoms with E-state index in [1.165, 1.54) is 18.3 Å². The van der Waals surface area contributed by atoms with E-state index in [9.17, 15) is 13.2 Å². The van der Waals surface area contributed by atoms with Crippen molar-refractivity contribution in [3.8, 4) is 0 Å². The molecule has 7 heteroatoms. The molecule has 0 spiro atoms. The highest BCUT2D eigenvalue weighted by Crippen LogP contribution is 2.22. The minimum atomic E-state index is -3.67. The van der Waals surface area contributed by atoms with E-state index in [4.69, 9.17) is 16.7 Å². The molecule has 0 aliphatic rings. The number of sulfone groups is 1. The number of carbonyl (C=O) groups is 1. The third-order valence-electron chi connectivity index (χ3n) is 2.59. The van der Waals surface area contributed by atoms with Crippen LogP contribution in [-0.2, 0) is 15.6 Å². The van der Waals surface area contributed by atoms with Gasteiger partial charge in [0, 0.05) is 6.20 Å². The van der Waals surface area contributed by atoms with E-state index in [1.807, 2.05) is 0 Å². The summed E-state index contributed by atoms with van der Waals surface area (Å²) in [6.07, 6.45) is 1.50. The summed E-state index contributed by atoms with van der Waals surface area (Å²) in [5.41, 5.74) is 0.146. The molecule has 1 aromatic carbocycles. The normalized spacial score (nSPS) is 11.2. The topological polar surface area (TPSA) is 84.3 Å². The summed E-state index contributed by atoms with van der Waals surface area (Å²) >= 11 is 5.71. The van der Waals surface area contributed by atoms with E-state index in [1.54, 1.807) is 18.2 Å². The van der Waals surface area contributed by atoms with Crippen LogP contribution in [0.5, 0.6) is 0 Å². The van der Waals surface area contributed by atoms with E-state index in [-0.39, 0.29) is 21.2 Å². The number of benzene rings is 1. The summed E-state index contributed by atoms with van der Waals surface area (Å²) in [7, 11) is -3.67. The fraction of sp³-hybridized carbons (Fsp3) is 0.0769. The van der Waals surface area contributed by atoms with Gasteiger partial charge in [-0.1, -0.05) is 17.7 Å². The van der Waals surface area contributed by atoms with Crippen molar-refractivity contribution in [3.63, 3.8) is 0 Å². The highest BCUT2D eigenvalue weighted by atomic mass is 35.5. The molecule has 0 aliphatic carbocycles. The Hall–Kier alpha value is -1.92. The summed E-state index contributed by atoms with van der Waals surface area (Å²) < 4.78 is 24.4. The van der Waals surface area contributed by atoms with Gasteiger partial charge in [0.25, 0.3) is 0 Å². The molecule has 0 fully saturated rings. The number of carboxylic acids is 1. The van der Waals surface area contributed by atoms with Crippen LogP contribution in [0.15, 0.2) is 47.5 Å². The van der Waals surface area contributed by atoms with Gasteiger partial charge in [0.15, 0.2) is 9.84 Å². The lowest BCUT2D eigenvalue weighted by molar-refractivity contribution is 0.0697. The molecule has 20 heavy (non-hydrogen) atoms. The highest BCUT2D eigenvalue weighted by Gasteiger charge is 2.19. The van der Waals surface area contributed by atoms with Crippen LogP contribution in [0.2, 0.25) is 5.02 Å². The minimum absolute atomic E-state index is 0.00529. The third kappa shape index (κ3) is 3.15. The van der Waals surface area contributed by atoms with Crippen molar-refractivity contribution in [1.82, 2.24) is 4.98 Å². The van der Waals surface area contributed by atoms with Crippen molar-refractivity contribution in [2.75, 3.05) is 0 Å². The van der Waals surface area contributed by atoms with Gasteiger partial charge < -0.3 is 5.11 Å². The Labute approximate surface area is 120 Å². The molecule has 0 unspecified atom stereocenters. The van der Waals surface area contributed by atoms with Crippen LogP contribution in [0.4, 0.5) is 0 Å². The molecule has 0 atom stereocenters. The van der Waals surface area contributed by atoms with Crippen molar-refractivity contribution in [2.45, 2.75) is 10.6 Å². The number of hydrogen-bond acceptors (Lipinski definition) is 4. The molecule has 0 bridgehead atoms. The number of hydrogen-bond donors (Lipinski definition) is 1. The lowest BCUT2D eigenvalue weighted by atomic mass is 10.2. The van der Waals surface area contributed by atoms with E-state index < -0.39 is 15.8 Å². The van der Waals surface area contributed by atoms with Crippen molar-refractivity contribution in [2.24, 2.45) is 0 Å². The maximum absolute atomic E-state index is 12.2. The molecule has 0 saturated heterocycles. The van der Waals surface area contributed by atoms with Gasteiger partial charge in [0.05, 0.1) is 26.9 Å². The number of carboxylic acid groups (broad SMARTS) is 1. The zero-order valence-electron chi connectivity index (χ0n) is 10.2. The Kier molecular flexibility index (Phi) is 4.06. The van der Waals surface area contributed by atoms with Gasteiger partial charge in [-0.3, -0.25) is 4.98 Å². The number of aromatic carboxylic acids is 1. The predicted molar refractivity (Wildman–Crippen MR) is 73.5 cm³/mol. The van der Waals surface area contributed by atoms with Crippen LogP contribution in [0.25, 0.3) is 0 Å². The first-order chi connectivity index (χ1) is 9.40. The number of halogens is 1. The Morgan fingerprint density at radius 2 is 2.00 bits per heavy atom. The quantitative estimate of drug-likeness (QED) is 0.937. The average molecular weight is 312 g/mol. The molecule has 1 heterocycles. The first kappa shape index (κ1) is 14.5. The molecule has 5 nitrogen and oxygen atoms in total. The lowest BCUT2D eigenvalue weighted by Crippen LogP contribution is -2.08. The van der Waals surface area contributed by atoms with Gasteiger partial charge in [0.1, 0.15) is 0 Å². The molecule has 0 aliphatic heterocycles. The molecule has 104 valence electrons. The van der Waals surface area contributed by atoms with Crippen molar-refractivity contribution in [1.29, 1.82) is 0 Å². The Morgan fingerprint density at radius 1 is 1.25 bits per heavy atom. The van der Waals surface area contributed by atoms with E-state index >= 15 is 0 Å². The van der Waals surface area contributed by atoms with Crippen LogP contribution < -0.4 is 0 Å². The maximum Gasteiger partial charge on any atom is 0.337 e. The molecule has 1 N–H and O–H groups in total. The summed E-state index contributed by atoms with van der Waals surface area (Å²) in [6, 6.07) is 8.56. The molecule has 2 rings (SSSR count). The summed E-state index contributed by atoms with van der Waals surface area (Å²) in [4.78, 5) is 14.8. The molecular formula is C13H10ClNO4S. The van der Waals surface area contributed by atoms with Crippen molar-refractivity contribution < 1.29 is 18.3 Å². The second-order valence-electron chi connectivity index (χ2n) is 4.03. The van der Waals surface area contributed by atoms with E-state index in [0.29, 0.717) is 5.69 Å². The van der Waals surface area contributed by atoms with Crippen LogP contribution >= 0.6 is 11.6 Å². The van der Waals surface area contributed by atoms with Crippen molar-refractivity contribution in [3.05, 3.63) is 58.9 Å². The zero-order chi connectivity index (χ0) is 14.8. The monoisotopic (exact) mass is 311 g/mol. The zero-order valence-corrected chi connectivity index (χ0v) is 11.7. The van der Waals surface area contributed by atoms with Crippen molar-refractivity contribution >= 4 is 27.4 Å². The first-order valence-electron chi connectivity index (χ1n) is 5.55. The number of nitrogens with zero attached hydrogens (tertiary/aromatic N) is 1. The first-order valence-corrected chi connectivity index (χ1v) is 7.59. The standard InChI is InChI=1S/C13H10ClNO4S/c14-12-5-4-10(7-11(12)13(16)17)20(18,19)8-9-3-1-2-6-15-9/h1-7H,8H2,(H,16,17). The van der Waals surface area contributed by atoms with E-state index in [2.05, 4.69) is 4.98 Å². The second kappa shape index (κ2) is 5.60. The minimum Gasteiger partial charge on any atom is -0.478 e. The fourth-order valence-corrected chi connectivity index (χ4v) is 3.12. The fourth-order valence-electron chi connectivity index (χ4n) is 1.62. The molecule has 0 saturated carbocycles. The second-order valence-corrected chi connectivity index (χ2v) is 6.42. The smallest absolute Gasteiger partial charge is 0.337 e. The largest absolute Gasteiger partial charge is 0.478 e. The van der Waals surface area contributed by atoms with Gasteiger partial charge >= 0.3 is 5.97 Å². The Bertz CT molecular complexity index is 744. The van der Waals surface area contributed by atoms with Gasteiger partial charge in [-0.05, 0) is 30.3 Å². The average Bonchev–Trinajstić information content (AvgIpc) is 2.39. The predicted octanol–water partition coefficient (Wildman–Crippen LogP) is 2.41. The van der Waals surface area contributed by atoms with Gasteiger partial charge in [-0.25, -0.2) is 13.2 Å². The van der Waals surface area contributed by atoms with Crippen LogP contribution in [0.1, 0.15) is 16.1 Å². The highest BCUT2D eigenvalue weighted by molar-refractivity contribution is 7.90. The van der Waals surface area contributed by atoms with Crippen LogP contribution in [0.3, 0.4) is 0 Å². The van der Waals surface area contributed by atoms with Crippen LogP contribution in [0, 0.1) is 0 Å². The summed E-state index contributed by atoms with van der Waals surface area (Å²) in [6.45, 7) is 0. The van der Waals surface area contributed by atoms with Gasteiger partial charge in [-0.2, -0.15) is 0 Å². The third-order valence-corrected chi connectivity index (χ3v) is 4.57. The van der Waals surface area contributed by atoms with Gasteiger partial charge in [-0.15, -0.1) is 0 Å². The summed E-state index contributed by atoms with van der Waals surface area (Å²) in [5.74, 6) is -1.57. The number of aromatic nitrogens is 1. The number of rotatable bonds is 4. The SMILES string of the molecule is O=C(O)c1cc(S(=O)(=O)Cc2ccccn2)ccc1Cl. The Balaban J connectivity index is 2.40. The van der Waals surface area contributed by atoms with Crippen LogP contribution in [-0.4, -0.2) is 24.5 Å². The van der Waals surface area contributed by atoms with E-state index in [0.717, 1.165) is 6.07 Å². The Morgan fingerprint density at radius 3 is 2.60 bits per heavy atom. The number of pyridine rings is 1. The molecular weight excluding hydrogens is 302 g/mol. The summed E-state index contributed by atoms with van der Waals surface area (Å²) in [5, 5.41) is 8.95. The molecule has 0 amide bonds. The van der Waals surface area contributed by atoms with Gasteiger partial charge in [0.2, 0.25) is 0 Å². The molecule has 0 radical (unpaired) electrons. The molecule has 2 aromatic rings. The maximum atomic E-state index is 12.2.